The predicted octanol–water partition coefficient (Wildman–Crippen LogP) is 2.29. The van der Waals surface area contributed by atoms with Crippen molar-refractivity contribution in [1.29, 1.82) is 0 Å². The predicted molar refractivity (Wildman–Crippen MR) is 56.4 cm³/mol. The molecule has 14 heavy (non-hydrogen) atoms. The molecule has 73 valence electrons. The van der Waals surface area contributed by atoms with E-state index >= 15 is 0 Å². The smallest absolute Gasteiger partial charge is 0.216 e. The molecule has 0 fully saturated rings. The van der Waals surface area contributed by atoms with Crippen LogP contribution in [0.15, 0.2) is 29.3 Å². The van der Waals surface area contributed by atoms with Crippen molar-refractivity contribution in [3.05, 3.63) is 35.9 Å². The van der Waals surface area contributed by atoms with Crippen LogP contribution >= 0.6 is 0 Å². The van der Waals surface area contributed by atoms with Gasteiger partial charge in [0, 0.05) is 5.56 Å². The first kappa shape index (κ1) is 9.25. The molecule has 1 heterocycles. The Morgan fingerprint density at radius 2 is 2.14 bits per heavy atom. The van der Waals surface area contributed by atoms with Crippen molar-refractivity contribution < 1.29 is 4.74 Å². The number of benzene rings is 1. The van der Waals surface area contributed by atoms with Gasteiger partial charge in [-0.3, -0.25) is 0 Å². The molecule has 1 aliphatic rings. The second-order valence-corrected chi connectivity index (χ2v) is 3.85. The minimum atomic E-state index is 0.314. The molecule has 0 saturated carbocycles. The molecule has 1 aromatic rings. The van der Waals surface area contributed by atoms with Gasteiger partial charge < -0.3 is 4.74 Å². The lowest BCUT2D eigenvalue weighted by molar-refractivity contribution is 0.292. The molecular weight excluding hydrogens is 174 g/mol. The normalized spacial score (nSPS) is 20.8. The van der Waals surface area contributed by atoms with Crippen molar-refractivity contribution >= 4 is 5.90 Å². The maximum absolute atomic E-state index is 5.55. The highest BCUT2D eigenvalue weighted by Crippen LogP contribution is 2.17. The van der Waals surface area contributed by atoms with Crippen LogP contribution in [-0.2, 0) is 4.74 Å². The third-order valence-electron chi connectivity index (χ3n) is 2.41. The van der Waals surface area contributed by atoms with Gasteiger partial charge in [0.1, 0.15) is 6.61 Å². The van der Waals surface area contributed by atoms with Gasteiger partial charge in [0.05, 0.1) is 6.04 Å². The number of aliphatic imine (C=N–C) groups is 1. The molecular formula is C12H14NO. The lowest BCUT2D eigenvalue weighted by Crippen LogP contribution is -2.13. The van der Waals surface area contributed by atoms with Crippen LogP contribution in [0.3, 0.4) is 0 Å². The van der Waals surface area contributed by atoms with Crippen molar-refractivity contribution in [1.82, 2.24) is 0 Å². The molecule has 1 aliphatic heterocycles. The monoisotopic (exact) mass is 188 g/mol. The number of hydrogen-bond acceptors (Lipinski definition) is 2. The van der Waals surface area contributed by atoms with Gasteiger partial charge in [-0.1, -0.05) is 26.0 Å². The average molecular weight is 188 g/mol. The number of nitrogens with zero attached hydrogens (tertiary/aromatic N) is 1. The highest BCUT2D eigenvalue weighted by Gasteiger charge is 2.22. The van der Waals surface area contributed by atoms with Crippen molar-refractivity contribution in [2.24, 2.45) is 10.9 Å². The summed E-state index contributed by atoms with van der Waals surface area (Å²) in [5.74, 6) is 1.32. The molecule has 0 bridgehead atoms. The molecule has 0 aromatic heterocycles. The standard InChI is InChI=1S/C12H14NO/c1-9(2)11-8-14-12(13-11)10-6-4-3-5-7-10/h4-7,9,11H,8H2,1-2H3/t11-/m1/s1. The molecule has 1 atom stereocenters. The van der Waals surface area contributed by atoms with E-state index in [-0.39, 0.29) is 0 Å². The zero-order valence-corrected chi connectivity index (χ0v) is 8.53. The first-order chi connectivity index (χ1) is 6.77. The third kappa shape index (κ3) is 1.79. The fraction of sp³-hybridized carbons (Fsp3) is 0.417. The third-order valence-corrected chi connectivity index (χ3v) is 2.41. The Hall–Kier alpha value is -1.31. The minimum Gasteiger partial charge on any atom is -0.475 e. The van der Waals surface area contributed by atoms with E-state index in [4.69, 9.17) is 4.74 Å². The van der Waals surface area contributed by atoms with E-state index in [0.29, 0.717) is 18.6 Å². The summed E-state index contributed by atoms with van der Waals surface area (Å²) < 4.78 is 5.55. The van der Waals surface area contributed by atoms with Crippen LogP contribution in [0.25, 0.3) is 0 Å². The maximum Gasteiger partial charge on any atom is 0.216 e. The van der Waals surface area contributed by atoms with Gasteiger partial charge in [0.25, 0.3) is 0 Å². The first-order valence-corrected chi connectivity index (χ1v) is 4.94. The molecule has 0 N–H and O–H groups in total. The van der Waals surface area contributed by atoms with Gasteiger partial charge in [-0.2, -0.15) is 0 Å². The molecule has 0 saturated heterocycles. The summed E-state index contributed by atoms with van der Waals surface area (Å²) in [7, 11) is 0. The van der Waals surface area contributed by atoms with Gasteiger partial charge in [0.15, 0.2) is 0 Å². The van der Waals surface area contributed by atoms with Gasteiger partial charge in [-0.25, -0.2) is 4.99 Å². The fourth-order valence-corrected chi connectivity index (χ4v) is 1.42. The second kappa shape index (κ2) is 3.82. The summed E-state index contributed by atoms with van der Waals surface area (Å²) in [5, 5.41) is 0. The van der Waals surface area contributed by atoms with Gasteiger partial charge >= 0.3 is 0 Å². The van der Waals surface area contributed by atoms with Crippen LogP contribution in [0.2, 0.25) is 0 Å². The SMILES string of the molecule is CC(C)[C@H]1COC(c2cc[c]cc2)=N1. The molecule has 2 rings (SSSR count). The summed E-state index contributed by atoms with van der Waals surface area (Å²) in [6.45, 7) is 5.05. The van der Waals surface area contributed by atoms with Crippen LogP contribution in [-0.4, -0.2) is 18.5 Å². The Morgan fingerprint density at radius 1 is 1.43 bits per heavy atom. The second-order valence-electron chi connectivity index (χ2n) is 3.85. The van der Waals surface area contributed by atoms with Crippen LogP contribution in [0.1, 0.15) is 19.4 Å². The highest BCUT2D eigenvalue weighted by atomic mass is 16.5. The Morgan fingerprint density at radius 3 is 2.71 bits per heavy atom. The fourth-order valence-electron chi connectivity index (χ4n) is 1.42. The van der Waals surface area contributed by atoms with Crippen LogP contribution in [0, 0.1) is 12.0 Å². The molecule has 1 radical (unpaired) electrons. The summed E-state index contributed by atoms with van der Waals surface area (Å²) in [6, 6.07) is 11.0. The molecule has 0 spiro atoms. The zero-order valence-electron chi connectivity index (χ0n) is 8.53. The zero-order chi connectivity index (χ0) is 9.97. The molecule has 2 nitrogen and oxygen atoms in total. The topological polar surface area (TPSA) is 21.6 Å². The van der Waals surface area contributed by atoms with Crippen molar-refractivity contribution in [3.63, 3.8) is 0 Å². The van der Waals surface area contributed by atoms with Gasteiger partial charge in [-0.15, -0.1) is 0 Å². The Bertz CT molecular complexity index is 329. The molecule has 0 unspecified atom stereocenters. The Balaban J connectivity index is 2.18. The molecule has 0 amide bonds. The van der Waals surface area contributed by atoms with Crippen LogP contribution in [0.4, 0.5) is 0 Å². The Kier molecular flexibility index (Phi) is 2.53. The summed E-state index contributed by atoms with van der Waals surface area (Å²) in [4.78, 5) is 4.54. The minimum absolute atomic E-state index is 0.314. The first-order valence-electron chi connectivity index (χ1n) is 4.94. The lowest BCUT2D eigenvalue weighted by atomic mass is 10.1. The van der Waals surface area contributed by atoms with Crippen molar-refractivity contribution in [2.75, 3.05) is 6.61 Å². The van der Waals surface area contributed by atoms with Gasteiger partial charge in [-0.05, 0) is 24.1 Å². The average Bonchev–Trinajstić information content (AvgIpc) is 2.68. The molecule has 2 heteroatoms. The van der Waals surface area contributed by atoms with Crippen molar-refractivity contribution in [2.45, 2.75) is 19.9 Å². The summed E-state index contributed by atoms with van der Waals surface area (Å²) in [5.41, 5.74) is 1.05. The van der Waals surface area contributed by atoms with Gasteiger partial charge in [0.2, 0.25) is 5.90 Å². The largest absolute Gasteiger partial charge is 0.475 e. The van der Waals surface area contributed by atoms with Crippen LogP contribution < -0.4 is 0 Å². The number of ether oxygens (including phenoxy) is 1. The van der Waals surface area contributed by atoms with E-state index in [1.54, 1.807) is 0 Å². The summed E-state index contributed by atoms with van der Waals surface area (Å²) >= 11 is 0. The highest BCUT2D eigenvalue weighted by molar-refractivity contribution is 5.95. The summed E-state index contributed by atoms with van der Waals surface area (Å²) in [6.07, 6.45) is 0. The van der Waals surface area contributed by atoms with E-state index in [1.807, 2.05) is 24.3 Å². The van der Waals surface area contributed by atoms with Crippen molar-refractivity contribution in [3.8, 4) is 0 Å². The van der Waals surface area contributed by atoms with E-state index < -0.39 is 0 Å². The lowest BCUT2D eigenvalue weighted by Gasteiger charge is -2.06. The number of hydrogen-bond donors (Lipinski definition) is 0. The van der Waals surface area contributed by atoms with E-state index in [2.05, 4.69) is 24.9 Å². The molecule has 0 aliphatic carbocycles. The molecule has 1 aromatic carbocycles. The van der Waals surface area contributed by atoms with E-state index in [0.717, 1.165) is 11.5 Å². The van der Waals surface area contributed by atoms with E-state index in [1.165, 1.54) is 0 Å². The number of rotatable bonds is 2. The van der Waals surface area contributed by atoms with Crippen LogP contribution in [0.5, 0.6) is 0 Å². The Labute approximate surface area is 84.6 Å². The quantitative estimate of drug-likeness (QED) is 0.697. The van der Waals surface area contributed by atoms with E-state index in [9.17, 15) is 0 Å². The maximum atomic E-state index is 5.55.